The molecule has 1 heteroatoms. The average Bonchev–Trinajstić information content (AvgIpc) is 3.00. The van der Waals surface area contributed by atoms with Crippen molar-refractivity contribution in [1.29, 1.82) is 0 Å². The number of rotatable bonds is 1. The number of benzene rings is 1. The quantitative estimate of drug-likeness (QED) is 0.566. The standard InChI is InChI=1S/C11H11.C7H9.2CH3.Zr/c1-8-3-6-11-9(2)4-5-10(11)7-8;1-2-7-5-3-4-6-7;;;/h3,5-7,9H,1-2H3;3-6H,2H2,1H3;2*1H3;/q4*-1;+4. The molecule has 0 amide bonds. The maximum Gasteiger partial charge on any atom is 4.00 e. The van der Waals surface area contributed by atoms with Crippen LogP contribution in [0.3, 0.4) is 0 Å². The summed E-state index contributed by atoms with van der Waals surface area (Å²) in [6.07, 6.45) is 6.54. The Morgan fingerprint density at radius 2 is 1.76 bits per heavy atom. The zero-order chi connectivity index (χ0) is 13.0. The van der Waals surface area contributed by atoms with Gasteiger partial charge in [-0.3, -0.25) is 6.08 Å². The predicted octanol–water partition coefficient (Wildman–Crippen LogP) is 5.79. The van der Waals surface area contributed by atoms with E-state index in [4.69, 9.17) is 0 Å². The first-order valence-corrected chi connectivity index (χ1v) is 6.61. The van der Waals surface area contributed by atoms with E-state index in [-0.39, 0.29) is 41.1 Å². The first-order valence-electron chi connectivity index (χ1n) is 6.61. The van der Waals surface area contributed by atoms with Gasteiger partial charge in [0.2, 0.25) is 0 Å². The number of hydrogen-bond donors (Lipinski definition) is 0. The molecule has 0 radical (unpaired) electrons. The molecule has 3 rings (SSSR count). The van der Waals surface area contributed by atoms with Gasteiger partial charge in [-0.15, -0.1) is 11.6 Å². The van der Waals surface area contributed by atoms with E-state index < -0.39 is 0 Å². The van der Waals surface area contributed by atoms with Crippen molar-refractivity contribution in [2.24, 2.45) is 0 Å². The molecule has 0 N–H and O–H groups in total. The van der Waals surface area contributed by atoms with Crippen LogP contribution in [0.15, 0.2) is 42.5 Å². The van der Waals surface area contributed by atoms with Crippen molar-refractivity contribution < 1.29 is 26.2 Å². The third-order valence-corrected chi connectivity index (χ3v) is 3.34. The van der Waals surface area contributed by atoms with Crippen molar-refractivity contribution in [3.63, 3.8) is 0 Å². The van der Waals surface area contributed by atoms with E-state index >= 15 is 0 Å². The molecule has 0 aliphatic heterocycles. The first-order chi connectivity index (χ1) is 8.70. The van der Waals surface area contributed by atoms with Crippen LogP contribution in [0.1, 0.15) is 42.0 Å². The van der Waals surface area contributed by atoms with Crippen molar-refractivity contribution in [3.05, 3.63) is 85.6 Å². The van der Waals surface area contributed by atoms with E-state index in [1.165, 1.54) is 22.3 Å². The summed E-state index contributed by atoms with van der Waals surface area (Å²) in [4.78, 5) is 0. The monoisotopic (exact) mass is 356 g/mol. The Labute approximate surface area is 150 Å². The molecular formula is C20H26Zr. The minimum absolute atomic E-state index is 0. The second-order valence-corrected chi connectivity index (χ2v) is 4.81. The summed E-state index contributed by atoms with van der Waals surface area (Å²) in [5, 5.41) is 0. The molecule has 2 aromatic carbocycles. The molecule has 1 aliphatic rings. The maximum absolute atomic E-state index is 3.29. The molecule has 0 fully saturated rings. The molecular weight excluding hydrogens is 331 g/mol. The number of fused-ring (bicyclic) bond motifs is 1. The van der Waals surface area contributed by atoms with Gasteiger partial charge in [0.25, 0.3) is 0 Å². The Bertz CT molecular complexity index is 521. The third-order valence-electron chi connectivity index (χ3n) is 3.34. The minimum Gasteiger partial charge on any atom is -0.358 e. The van der Waals surface area contributed by atoms with Crippen LogP contribution in [-0.4, -0.2) is 0 Å². The van der Waals surface area contributed by atoms with Gasteiger partial charge in [0, 0.05) is 0 Å². The average molecular weight is 358 g/mol. The summed E-state index contributed by atoms with van der Waals surface area (Å²) in [7, 11) is 0. The van der Waals surface area contributed by atoms with Crippen LogP contribution in [0.5, 0.6) is 0 Å². The van der Waals surface area contributed by atoms with Gasteiger partial charge in [-0.2, -0.15) is 23.3 Å². The van der Waals surface area contributed by atoms with E-state index in [1.807, 2.05) is 0 Å². The summed E-state index contributed by atoms with van der Waals surface area (Å²) in [5.41, 5.74) is 5.52. The Balaban J connectivity index is 0. The Hall–Kier alpha value is -0.807. The largest absolute Gasteiger partial charge is 4.00 e. The molecule has 0 heterocycles. The second kappa shape index (κ2) is 10.9. The summed E-state index contributed by atoms with van der Waals surface area (Å²) >= 11 is 0. The molecule has 0 aromatic heterocycles. The SMILES string of the molecule is CC[c-]1cccc1.Cc1ccc2c(c1)C=[C-]C2C.[CH3-].[CH3-].[Zr+4]. The topological polar surface area (TPSA) is 0 Å². The van der Waals surface area contributed by atoms with E-state index in [0.29, 0.717) is 5.92 Å². The normalized spacial score (nSPS) is 13.8. The van der Waals surface area contributed by atoms with Crippen LogP contribution in [-0.2, 0) is 32.6 Å². The zero-order valence-corrected chi connectivity index (χ0v) is 16.4. The van der Waals surface area contributed by atoms with Gasteiger partial charge in [-0.1, -0.05) is 43.9 Å². The molecule has 21 heavy (non-hydrogen) atoms. The van der Waals surface area contributed by atoms with Crippen molar-refractivity contribution in [3.8, 4) is 0 Å². The van der Waals surface area contributed by atoms with E-state index in [1.54, 1.807) is 0 Å². The van der Waals surface area contributed by atoms with E-state index in [0.717, 1.165) is 6.42 Å². The molecule has 1 unspecified atom stereocenters. The van der Waals surface area contributed by atoms with Crippen molar-refractivity contribution in [2.75, 3.05) is 0 Å². The molecule has 0 spiro atoms. The van der Waals surface area contributed by atoms with Crippen LogP contribution >= 0.6 is 0 Å². The minimum atomic E-state index is 0. The van der Waals surface area contributed by atoms with Gasteiger partial charge >= 0.3 is 26.2 Å². The van der Waals surface area contributed by atoms with Gasteiger partial charge < -0.3 is 14.9 Å². The third kappa shape index (κ3) is 6.22. The second-order valence-electron chi connectivity index (χ2n) is 4.81. The summed E-state index contributed by atoms with van der Waals surface area (Å²) in [5.74, 6) is 0.491. The summed E-state index contributed by atoms with van der Waals surface area (Å²) < 4.78 is 0. The summed E-state index contributed by atoms with van der Waals surface area (Å²) in [6.45, 7) is 6.46. The van der Waals surface area contributed by atoms with Crippen molar-refractivity contribution in [2.45, 2.75) is 33.1 Å². The smallest absolute Gasteiger partial charge is 0.358 e. The molecule has 1 atom stereocenters. The van der Waals surface area contributed by atoms with Crippen LogP contribution in [0.2, 0.25) is 0 Å². The van der Waals surface area contributed by atoms with Gasteiger partial charge in [0.1, 0.15) is 0 Å². The Morgan fingerprint density at radius 3 is 2.29 bits per heavy atom. The molecule has 0 saturated heterocycles. The van der Waals surface area contributed by atoms with E-state index in [9.17, 15) is 0 Å². The van der Waals surface area contributed by atoms with Crippen LogP contribution in [0, 0.1) is 27.9 Å². The first kappa shape index (κ1) is 22.5. The Kier molecular flexibility index (Phi) is 11.6. The molecule has 0 nitrogen and oxygen atoms in total. The molecule has 1 aliphatic carbocycles. The van der Waals surface area contributed by atoms with Crippen LogP contribution < -0.4 is 0 Å². The fraction of sp³-hybridized carbons (Fsp3) is 0.250. The van der Waals surface area contributed by atoms with E-state index in [2.05, 4.69) is 75.4 Å². The predicted molar refractivity (Wildman–Crippen MR) is 91.5 cm³/mol. The van der Waals surface area contributed by atoms with Crippen LogP contribution in [0.25, 0.3) is 6.08 Å². The zero-order valence-electron chi connectivity index (χ0n) is 13.9. The fourth-order valence-corrected chi connectivity index (χ4v) is 2.17. The van der Waals surface area contributed by atoms with Gasteiger partial charge in [-0.05, 0) is 6.92 Å². The molecule has 110 valence electrons. The van der Waals surface area contributed by atoms with Gasteiger partial charge in [-0.25, -0.2) is 18.2 Å². The van der Waals surface area contributed by atoms with Gasteiger partial charge in [0.15, 0.2) is 0 Å². The van der Waals surface area contributed by atoms with Crippen LogP contribution in [0.4, 0.5) is 0 Å². The number of aryl methyl sites for hydroxylation is 2. The maximum atomic E-state index is 3.29. The number of hydrogen-bond acceptors (Lipinski definition) is 0. The molecule has 0 saturated carbocycles. The molecule has 2 aromatic rings. The number of allylic oxidation sites excluding steroid dienone is 1. The Morgan fingerprint density at radius 1 is 1.14 bits per heavy atom. The van der Waals surface area contributed by atoms with Gasteiger partial charge in [0.05, 0.1) is 0 Å². The summed E-state index contributed by atoms with van der Waals surface area (Å²) in [6, 6.07) is 15.0. The van der Waals surface area contributed by atoms with Crippen molar-refractivity contribution in [1.82, 2.24) is 0 Å². The fourth-order valence-electron chi connectivity index (χ4n) is 2.17. The van der Waals surface area contributed by atoms with Crippen molar-refractivity contribution >= 4 is 6.08 Å². The molecule has 0 bridgehead atoms.